The Morgan fingerprint density at radius 1 is 1.67 bits per heavy atom. The molecule has 50 valence electrons. The van der Waals surface area contributed by atoms with Crippen molar-refractivity contribution >= 4 is 12.2 Å². The van der Waals surface area contributed by atoms with Crippen molar-refractivity contribution in [2.24, 2.45) is 0 Å². The third kappa shape index (κ3) is 6.88. The van der Waals surface area contributed by atoms with Crippen molar-refractivity contribution in [3.8, 4) is 0 Å². The Kier molecular flexibility index (Phi) is 4.40. The zero-order valence-corrected chi connectivity index (χ0v) is 5.26. The summed E-state index contributed by atoms with van der Waals surface area (Å²) in [5, 5.41) is 2.50. The van der Waals surface area contributed by atoms with E-state index in [1.165, 1.54) is 13.0 Å². The lowest BCUT2D eigenvalue weighted by molar-refractivity contribution is -0.118. The lowest BCUT2D eigenvalue weighted by Gasteiger charge is -1.91. The Morgan fingerprint density at radius 3 is 2.78 bits per heavy atom. The molecular weight excluding hydrogens is 118 g/mol. The summed E-state index contributed by atoms with van der Waals surface area (Å²) in [6.45, 7) is 1.85. The van der Waals surface area contributed by atoms with E-state index in [0.29, 0.717) is 12.8 Å². The molecule has 0 aliphatic heterocycles. The summed E-state index contributed by atoms with van der Waals surface area (Å²) in [4.78, 5) is 19.8. The number of nitrogens with one attached hydrogen (secondary N) is 1. The summed E-state index contributed by atoms with van der Waals surface area (Å²) in [5.41, 5.74) is 0. The van der Waals surface area contributed by atoms with Gasteiger partial charge in [0.15, 0.2) is 0 Å². The molecule has 0 bridgehead atoms. The molecule has 0 spiro atoms. The van der Waals surface area contributed by atoms with Crippen molar-refractivity contribution in [2.45, 2.75) is 6.92 Å². The number of carbonyl (C=O) groups excluding carboxylic acids is 2. The maximum atomic E-state index is 10.2. The first-order chi connectivity index (χ1) is 4.27. The molecule has 3 heteroatoms. The summed E-state index contributed by atoms with van der Waals surface area (Å²) in [7, 11) is 0. The van der Waals surface area contributed by atoms with Gasteiger partial charge in [0, 0.05) is 13.5 Å². The van der Waals surface area contributed by atoms with E-state index < -0.39 is 0 Å². The van der Waals surface area contributed by atoms with Gasteiger partial charge in [0.05, 0.1) is 0 Å². The smallest absolute Gasteiger partial charge is 0.217 e. The summed E-state index contributed by atoms with van der Waals surface area (Å²) in [6, 6.07) is 0. The molecule has 0 heterocycles. The van der Waals surface area contributed by atoms with Crippen LogP contribution in [0.5, 0.6) is 0 Å². The molecular formula is C6H9NO2. The average molecular weight is 127 g/mol. The topological polar surface area (TPSA) is 46.2 Å². The van der Waals surface area contributed by atoms with Crippen LogP contribution in [0.4, 0.5) is 0 Å². The van der Waals surface area contributed by atoms with Crippen molar-refractivity contribution in [2.75, 3.05) is 6.54 Å². The van der Waals surface area contributed by atoms with Gasteiger partial charge in [0.1, 0.15) is 6.29 Å². The molecule has 0 radical (unpaired) electrons. The Labute approximate surface area is 53.7 Å². The molecule has 0 aliphatic rings. The van der Waals surface area contributed by atoms with Gasteiger partial charge < -0.3 is 5.32 Å². The molecule has 1 amide bonds. The third-order valence-corrected chi connectivity index (χ3v) is 0.684. The molecule has 0 aromatic heterocycles. The Bertz CT molecular complexity index is 129. The second-order valence-electron chi connectivity index (χ2n) is 1.50. The van der Waals surface area contributed by atoms with Crippen LogP contribution in [0, 0.1) is 0 Å². The average Bonchev–Trinajstić information content (AvgIpc) is 1.80. The highest BCUT2D eigenvalue weighted by molar-refractivity contribution is 5.73. The number of hydrogen-bond acceptors (Lipinski definition) is 2. The minimum absolute atomic E-state index is 0.0921. The first-order valence-corrected chi connectivity index (χ1v) is 2.62. The van der Waals surface area contributed by atoms with Gasteiger partial charge in [-0.3, -0.25) is 9.59 Å². The van der Waals surface area contributed by atoms with Gasteiger partial charge in [-0.15, -0.1) is 0 Å². The summed E-state index contributed by atoms with van der Waals surface area (Å²) < 4.78 is 0. The van der Waals surface area contributed by atoms with Gasteiger partial charge in [-0.25, -0.2) is 0 Å². The van der Waals surface area contributed by atoms with Crippen LogP contribution in [0.1, 0.15) is 6.92 Å². The van der Waals surface area contributed by atoms with E-state index in [2.05, 4.69) is 5.32 Å². The molecule has 0 aromatic carbocycles. The van der Waals surface area contributed by atoms with Crippen molar-refractivity contribution in [3.63, 3.8) is 0 Å². The highest BCUT2D eigenvalue weighted by atomic mass is 16.1. The fraction of sp³-hybridized carbons (Fsp3) is 0.333. The van der Waals surface area contributed by atoms with Crippen molar-refractivity contribution in [1.29, 1.82) is 0 Å². The highest BCUT2D eigenvalue weighted by Crippen LogP contribution is 1.65. The van der Waals surface area contributed by atoms with E-state index in [0.717, 1.165) is 0 Å². The summed E-state index contributed by atoms with van der Waals surface area (Å²) in [6.07, 6.45) is 3.59. The van der Waals surface area contributed by atoms with E-state index >= 15 is 0 Å². The first-order valence-electron chi connectivity index (χ1n) is 2.62. The number of hydrogen-bond donors (Lipinski definition) is 1. The van der Waals surface area contributed by atoms with Crippen molar-refractivity contribution in [1.82, 2.24) is 5.32 Å². The van der Waals surface area contributed by atoms with E-state index in [1.54, 1.807) is 6.08 Å². The molecule has 0 atom stereocenters. The predicted molar refractivity (Wildman–Crippen MR) is 33.9 cm³/mol. The molecule has 3 nitrogen and oxygen atoms in total. The molecule has 9 heavy (non-hydrogen) atoms. The van der Waals surface area contributed by atoms with Crippen LogP contribution in [0.25, 0.3) is 0 Å². The van der Waals surface area contributed by atoms with E-state index in [1.807, 2.05) is 0 Å². The molecule has 0 saturated heterocycles. The molecule has 1 N–H and O–H groups in total. The second-order valence-corrected chi connectivity index (χ2v) is 1.50. The van der Waals surface area contributed by atoms with E-state index in [-0.39, 0.29) is 5.91 Å². The SMILES string of the molecule is CC(=O)NC/C=C/C=O. The minimum atomic E-state index is -0.0921. The van der Waals surface area contributed by atoms with Crippen LogP contribution in [0.15, 0.2) is 12.2 Å². The van der Waals surface area contributed by atoms with Gasteiger partial charge >= 0.3 is 0 Å². The molecule has 0 rings (SSSR count). The normalized spacial score (nSPS) is 9.44. The van der Waals surface area contributed by atoms with Crippen LogP contribution >= 0.6 is 0 Å². The summed E-state index contributed by atoms with van der Waals surface area (Å²) in [5.74, 6) is -0.0921. The molecule has 0 saturated carbocycles. The number of allylic oxidation sites excluding steroid dienone is 1. The maximum absolute atomic E-state index is 10.2. The van der Waals surface area contributed by atoms with Crippen molar-refractivity contribution in [3.05, 3.63) is 12.2 Å². The zero-order chi connectivity index (χ0) is 7.11. The Hall–Kier alpha value is -1.12. The highest BCUT2D eigenvalue weighted by Gasteiger charge is 1.82. The van der Waals surface area contributed by atoms with E-state index in [9.17, 15) is 9.59 Å². The fourth-order valence-electron chi connectivity index (χ4n) is 0.326. The molecule has 0 fully saturated rings. The second kappa shape index (κ2) is 5.03. The monoisotopic (exact) mass is 127 g/mol. The van der Waals surface area contributed by atoms with Gasteiger partial charge in [0.25, 0.3) is 0 Å². The predicted octanol–water partition coefficient (Wildman–Crippen LogP) is -0.122. The van der Waals surface area contributed by atoms with Gasteiger partial charge in [-0.2, -0.15) is 0 Å². The Balaban J connectivity index is 3.19. The lowest BCUT2D eigenvalue weighted by Crippen LogP contribution is -2.19. The number of carbonyl (C=O) groups is 2. The van der Waals surface area contributed by atoms with Gasteiger partial charge in [-0.1, -0.05) is 6.08 Å². The number of amides is 1. The van der Waals surface area contributed by atoms with Crippen LogP contribution in [0.2, 0.25) is 0 Å². The Morgan fingerprint density at radius 2 is 2.33 bits per heavy atom. The number of rotatable bonds is 3. The van der Waals surface area contributed by atoms with Gasteiger partial charge in [-0.05, 0) is 6.08 Å². The molecule has 0 aliphatic carbocycles. The van der Waals surface area contributed by atoms with Crippen LogP contribution in [0.3, 0.4) is 0 Å². The maximum Gasteiger partial charge on any atom is 0.217 e. The van der Waals surface area contributed by atoms with Crippen LogP contribution in [-0.2, 0) is 9.59 Å². The first kappa shape index (κ1) is 7.88. The van der Waals surface area contributed by atoms with E-state index in [4.69, 9.17) is 0 Å². The van der Waals surface area contributed by atoms with Crippen LogP contribution < -0.4 is 5.32 Å². The zero-order valence-electron chi connectivity index (χ0n) is 5.26. The minimum Gasteiger partial charge on any atom is -0.353 e. The summed E-state index contributed by atoms with van der Waals surface area (Å²) >= 11 is 0. The van der Waals surface area contributed by atoms with Gasteiger partial charge in [0.2, 0.25) is 5.91 Å². The standard InChI is InChI=1S/C6H9NO2/c1-6(9)7-4-2-3-5-8/h2-3,5H,4H2,1H3,(H,7,9)/b3-2+. The largest absolute Gasteiger partial charge is 0.353 e. The molecule has 0 unspecified atom stereocenters. The third-order valence-electron chi connectivity index (χ3n) is 0.684. The van der Waals surface area contributed by atoms with Crippen molar-refractivity contribution < 1.29 is 9.59 Å². The fourth-order valence-corrected chi connectivity index (χ4v) is 0.326. The lowest BCUT2D eigenvalue weighted by atomic mass is 10.5. The number of aldehydes is 1. The quantitative estimate of drug-likeness (QED) is 0.424. The van der Waals surface area contributed by atoms with Crippen LogP contribution in [-0.4, -0.2) is 18.7 Å². The molecule has 0 aromatic rings.